The molecule has 1 unspecified atom stereocenters. The normalized spacial score (nSPS) is 15.5. The topological polar surface area (TPSA) is 32.3 Å². The van der Waals surface area contributed by atoms with Crippen LogP contribution in [-0.4, -0.2) is 13.0 Å². The Bertz CT molecular complexity index is 1010. The van der Waals surface area contributed by atoms with Crippen LogP contribution in [-0.2, 0) is 11.2 Å². The first-order valence-corrected chi connectivity index (χ1v) is 9.34. The van der Waals surface area contributed by atoms with Crippen LogP contribution in [0.1, 0.15) is 28.2 Å². The number of para-hydroxylation sites is 2. The van der Waals surface area contributed by atoms with Gasteiger partial charge >= 0.3 is 0 Å². The lowest BCUT2D eigenvalue weighted by atomic mass is 9.91. The molecule has 0 aliphatic carbocycles. The number of aryl methyl sites for hydroxylation is 1. The highest BCUT2D eigenvalue weighted by atomic mass is 16.1. The number of amides is 1. The van der Waals surface area contributed by atoms with Crippen LogP contribution in [0.3, 0.4) is 0 Å². The number of rotatable bonds is 2. The lowest BCUT2D eigenvalue weighted by molar-refractivity contribution is -0.117. The molecule has 1 N–H and O–H groups in total. The van der Waals surface area contributed by atoms with Crippen LogP contribution in [0.15, 0.2) is 66.7 Å². The predicted octanol–water partition coefficient (Wildman–Crippen LogP) is 5.35. The Morgan fingerprint density at radius 1 is 0.926 bits per heavy atom. The third-order valence-electron chi connectivity index (χ3n) is 5.63. The summed E-state index contributed by atoms with van der Waals surface area (Å²) in [5.41, 5.74) is 7.69. The van der Waals surface area contributed by atoms with Crippen molar-refractivity contribution in [3.63, 3.8) is 0 Å². The number of carbonyl (C=O) groups is 1. The number of nitrogens with zero attached hydrogens (tertiary/aromatic N) is 1. The quantitative estimate of drug-likeness (QED) is 0.671. The highest BCUT2D eigenvalue weighted by Crippen LogP contribution is 2.40. The summed E-state index contributed by atoms with van der Waals surface area (Å²) in [5.74, 6) is -0.187. The summed E-state index contributed by atoms with van der Waals surface area (Å²) >= 11 is 0. The third kappa shape index (κ3) is 3.10. The fourth-order valence-corrected chi connectivity index (χ4v) is 3.90. The van der Waals surface area contributed by atoms with Crippen molar-refractivity contribution >= 4 is 23.0 Å². The minimum absolute atomic E-state index is 0.0428. The van der Waals surface area contributed by atoms with Gasteiger partial charge in [-0.25, -0.2) is 0 Å². The van der Waals surface area contributed by atoms with E-state index in [9.17, 15) is 4.79 Å². The molecule has 3 nitrogen and oxygen atoms in total. The standard InChI is InChI=1S/C24H24N2O/c1-16-9-8-12-21(17(16)2)25-24(27)20-15-18-10-4-6-13-22(18)26(3)23-14-7-5-11-19(20)23/h4-14,20H,15H2,1-3H3,(H,25,27). The van der Waals surface area contributed by atoms with Crippen molar-refractivity contribution in [1.29, 1.82) is 0 Å². The van der Waals surface area contributed by atoms with Gasteiger partial charge in [0.2, 0.25) is 5.91 Å². The zero-order valence-corrected chi connectivity index (χ0v) is 16.0. The molecule has 1 heterocycles. The van der Waals surface area contributed by atoms with E-state index in [1.807, 2.05) is 30.3 Å². The SMILES string of the molecule is Cc1cccc(NC(=O)C2Cc3ccccc3N(C)c3ccccc32)c1C. The summed E-state index contributed by atoms with van der Waals surface area (Å²) in [6.45, 7) is 4.12. The summed E-state index contributed by atoms with van der Waals surface area (Å²) in [6, 6.07) is 22.6. The smallest absolute Gasteiger partial charge is 0.232 e. The molecule has 27 heavy (non-hydrogen) atoms. The molecule has 0 aromatic heterocycles. The molecule has 1 atom stereocenters. The average molecular weight is 356 g/mol. The Kier molecular flexibility index (Phi) is 4.44. The summed E-state index contributed by atoms with van der Waals surface area (Å²) in [6.07, 6.45) is 0.689. The number of fused-ring (bicyclic) bond motifs is 2. The highest BCUT2D eigenvalue weighted by molar-refractivity contribution is 5.98. The van der Waals surface area contributed by atoms with Crippen molar-refractivity contribution in [2.24, 2.45) is 0 Å². The van der Waals surface area contributed by atoms with Gasteiger partial charge in [-0.3, -0.25) is 4.79 Å². The molecule has 0 spiro atoms. The molecule has 3 aromatic carbocycles. The molecule has 1 amide bonds. The van der Waals surface area contributed by atoms with Gasteiger partial charge in [0.25, 0.3) is 0 Å². The Morgan fingerprint density at radius 2 is 1.63 bits per heavy atom. The first kappa shape index (κ1) is 17.3. The van der Waals surface area contributed by atoms with Crippen molar-refractivity contribution < 1.29 is 4.79 Å². The maximum Gasteiger partial charge on any atom is 0.232 e. The van der Waals surface area contributed by atoms with E-state index in [0.29, 0.717) is 6.42 Å². The van der Waals surface area contributed by atoms with Crippen LogP contribution in [0.2, 0.25) is 0 Å². The number of carbonyl (C=O) groups excluding carboxylic acids is 1. The molecular weight excluding hydrogens is 332 g/mol. The second-order valence-corrected chi connectivity index (χ2v) is 7.24. The van der Waals surface area contributed by atoms with E-state index >= 15 is 0 Å². The first-order chi connectivity index (χ1) is 13.1. The van der Waals surface area contributed by atoms with Gasteiger partial charge in [-0.05, 0) is 60.7 Å². The lowest BCUT2D eigenvalue weighted by Gasteiger charge is -2.22. The molecule has 3 heteroatoms. The van der Waals surface area contributed by atoms with Gasteiger partial charge in [0, 0.05) is 24.1 Å². The predicted molar refractivity (Wildman–Crippen MR) is 112 cm³/mol. The third-order valence-corrected chi connectivity index (χ3v) is 5.63. The lowest BCUT2D eigenvalue weighted by Crippen LogP contribution is -2.23. The number of hydrogen-bond acceptors (Lipinski definition) is 2. The molecule has 0 saturated carbocycles. The van der Waals surface area contributed by atoms with Crippen molar-refractivity contribution in [3.8, 4) is 0 Å². The largest absolute Gasteiger partial charge is 0.344 e. The summed E-state index contributed by atoms with van der Waals surface area (Å²) in [7, 11) is 2.07. The van der Waals surface area contributed by atoms with Gasteiger partial charge in [0.15, 0.2) is 0 Å². The van der Waals surface area contributed by atoms with E-state index in [1.54, 1.807) is 0 Å². The van der Waals surface area contributed by atoms with Crippen molar-refractivity contribution in [1.82, 2.24) is 0 Å². The zero-order chi connectivity index (χ0) is 19.0. The minimum atomic E-state index is -0.229. The summed E-state index contributed by atoms with van der Waals surface area (Å²) in [5, 5.41) is 3.18. The average Bonchev–Trinajstić information content (AvgIpc) is 2.81. The zero-order valence-electron chi connectivity index (χ0n) is 16.0. The summed E-state index contributed by atoms with van der Waals surface area (Å²) in [4.78, 5) is 15.5. The molecule has 0 bridgehead atoms. The van der Waals surface area contributed by atoms with Crippen LogP contribution in [0, 0.1) is 13.8 Å². The van der Waals surface area contributed by atoms with E-state index in [2.05, 4.69) is 67.5 Å². The Morgan fingerprint density at radius 3 is 2.44 bits per heavy atom. The van der Waals surface area contributed by atoms with E-state index in [0.717, 1.165) is 28.2 Å². The van der Waals surface area contributed by atoms with Crippen molar-refractivity contribution in [2.45, 2.75) is 26.2 Å². The number of anilines is 3. The second kappa shape index (κ2) is 6.92. The number of nitrogens with one attached hydrogen (secondary N) is 1. The Labute approximate surface area is 160 Å². The molecule has 0 saturated heterocycles. The molecule has 3 aromatic rings. The fraction of sp³-hybridized carbons (Fsp3) is 0.208. The molecule has 1 aliphatic rings. The maximum atomic E-state index is 13.3. The van der Waals surface area contributed by atoms with Crippen molar-refractivity contribution in [2.75, 3.05) is 17.3 Å². The van der Waals surface area contributed by atoms with Gasteiger partial charge in [-0.2, -0.15) is 0 Å². The van der Waals surface area contributed by atoms with Crippen molar-refractivity contribution in [3.05, 3.63) is 89.0 Å². The van der Waals surface area contributed by atoms with Gasteiger partial charge in [-0.15, -0.1) is 0 Å². The van der Waals surface area contributed by atoms with Gasteiger partial charge in [0.1, 0.15) is 0 Å². The molecule has 0 fully saturated rings. The highest BCUT2D eigenvalue weighted by Gasteiger charge is 2.29. The monoisotopic (exact) mass is 356 g/mol. The first-order valence-electron chi connectivity index (χ1n) is 9.34. The number of hydrogen-bond donors (Lipinski definition) is 1. The van der Waals surface area contributed by atoms with E-state index in [-0.39, 0.29) is 11.8 Å². The maximum absolute atomic E-state index is 13.3. The van der Waals surface area contributed by atoms with Crippen LogP contribution < -0.4 is 10.2 Å². The Balaban J connectivity index is 1.76. The molecule has 1 aliphatic heterocycles. The number of benzene rings is 3. The molecule has 0 radical (unpaired) electrons. The Hall–Kier alpha value is -3.07. The molecular formula is C24H24N2O. The van der Waals surface area contributed by atoms with Gasteiger partial charge < -0.3 is 10.2 Å². The van der Waals surface area contributed by atoms with E-state index < -0.39 is 0 Å². The molecule has 4 rings (SSSR count). The van der Waals surface area contributed by atoms with Gasteiger partial charge in [0.05, 0.1) is 5.92 Å². The van der Waals surface area contributed by atoms with E-state index in [1.165, 1.54) is 11.1 Å². The van der Waals surface area contributed by atoms with Crippen LogP contribution in [0.5, 0.6) is 0 Å². The van der Waals surface area contributed by atoms with Gasteiger partial charge in [-0.1, -0.05) is 48.5 Å². The van der Waals surface area contributed by atoms with Crippen LogP contribution in [0.4, 0.5) is 17.1 Å². The molecule has 136 valence electrons. The van der Waals surface area contributed by atoms with Crippen LogP contribution in [0.25, 0.3) is 0 Å². The summed E-state index contributed by atoms with van der Waals surface area (Å²) < 4.78 is 0. The second-order valence-electron chi connectivity index (χ2n) is 7.24. The minimum Gasteiger partial charge on any atom is -0.344 e. The van der Waals surface area contributed by atoms with Crippen LogP contribution >= 0.6 is 0 Å². The van der Waals surface area contributed by atoms with E-state index in [4.69, 9.17) is 0 Å². The fourth-order valence-electron chi connectivity index (χ4n) is 3.90.